The maximum absolute atomic E-state index is 4.52. The number of piperidine rings is 1. The average Bonchev–Trinajstić information content (AvgIpc) is 3.02. The normalized spacial score (nSPS) is 25.1. The third-order valence-corrected chi connectivity index (χ3v) is 3.81. The number of aliphatic imine (C=N–C) groups is 1. The number of nitrogens with one attached hydrogen (secondary N) is 2. The molecule has 1 fully saturated rings. The molecule has 2 N–H and O–H groups in total. The van der Waals surface area contributed by atoms with Crippen molar-refractivity contribution < 1.29 is 0 Å². The molecule has 2 aliphatic rings. The SMILES string of the molecule is CNC1CCN(C2C=C(n3cccn3)NC=N2)CC1. The van der Waals surface area contributed by atoms with Crippen LogP contribution in [0.4, 0.5) is 0 Å². The number of aromatic nitrogens is 2. The molecule has 0 aliphatic carbocycles. The van der Waals surface area contributed by atoms with Crippen molar-refractivity contribution in [1.82, 2.24) is 25.3 Å². The van der Waals surface area contributed by atoms with Gasteiger partial charge in [-0.15, -0.1) is 0 Å². The van der Waals surface area contributed by atoms with Gasteiger partial charge < -0.3 is 10.6 Å². The van der Waals surface area contributed by atoms with Gasteiger partial charge >= 0.3 is 0 Å². The van der Waals surface area contributed by atoms with Crippen molar-refractivity contribution >= 4 is 12.2 Å². The van der Waals surface area contributed by atoms with Crippen molar-refractivity contribution in [2.24, 2.45) is 4.99 Å². The second-order valence-electron chi connectivity index (χ2n) is 4.94. The maximum Gasteiger partial charge on any atom is 0.131 e. The maximum atomic E-state index is 4.52. The summed E-state index contributed by atoms with van der Waals surface area (Å²) in [5.41, 5.74) is 0. The lowest BCUT2D eigenvalue weighted by molar-refractivity contribution is 0.172. The first-order valence-corrected chi connectivity index (χ1v) is 6.78. The molecular formula is C13H20N6. The van der Waals surface area contributed by atoms with E-state index in [1.807, 2.05) is 24.0 Å². The largest absolute Gasteiger partial charge is 0.331 e. The smallest absolute Gasteiger partial charge is 0.131 e. The van der Waals surface area contributed by atoms with Crippen molar-refractivity contribution in [2.45, 2.75) is 25.0 Å². The van der Waals surface area contributed by atoms with Crippen molar-refractivity contribution in [3.8, 4) is 0 Å². The predicted molar refractivity (Wildman–Crippen MR) is 75.6 cm³/mol. The minimum Gasteiger partial charge on any atom is -0.331 e. The summed E-state index contributed by atoms with van der Waals surface area (Å²) in [6.45, 7) is 2.16. The molecule has 19 heavy (non-hydrogen) atoms. The van der Waals surface area contributed by atoms with Gasteiger partial charge in [-0.05, 0) is 32.0 Å². The van der Waals surface area contributed by atoms with Crippen LogP contribution < -0.4 is 10.6 Å². The van der Waals surface area contributed by atoms with Gasteiger partial charge in [0.25, 0.3) is 0 Å². The Morgan fingerprint density at radius 3 is 2.89 bits per heavy atom. The Bertz CT molecular complexity index is 455. The van der Waals surface area contributed by atoms with Crippen LogP contribution >= 0.6 is 0 Å². The lowest BCUT2D eigenvalue weighted by atomic mass is 10.0. The number of rotatable bonds is 3. The van der Waals surface area contributed by atoms with Crippen molar-refractivity contribution in [3.05, 3.63) is 24.5 Å². The Balaban J connectivity index is 1.68. The molecule has 1 unspecified atom stereocenters. The first-order chi connectivity index (χ1) is 9.36. The van der Waals surface area contributed by atoms with Gasteiger partial charge in [0.1, 0.15) is 12.0 Å². The van der Waals surface area contributed by atoms with Gasteiger partial charge in [-0.3, -0.25) is 9.89 Å². The fourth-order valence-corrected chi connectivity index (χ4v) is 2.62. The highest BCUT2D eigenvalue weighted by Crippen LogP contribution is 2.17. The van der Waals surface area contributed by atoms with Crippen LogP contribution in [0.1, 0.15) is 12.8 Å². The molecule has 3 rings (SSSR count). The molecule has 0 aromatic carbocycles. The fraction of sp³-hybridized carbons (Fsp3) is 0.538. The molecule has 1 saturated heterocycles. The summed E-state index contributed by atoms with van der Waals surface area (Å²) in [5.74, 6) is 0.973. The summed E-state index contributed by atoms with van der Waals surface area (Å²) < 4.78 is 1.83. The molecule has 0 amide bonds. The molecule has 2 aliphatic heterocycles. The quantitative estimate of drug-likeness (QED) is 0.822. The van der Waals surface area contributed by atoms with Crippen LogP contribution in [0.5, 0.6) is 0 Å². The minimum atomic E-state index is 0.123. The summed E-state index contributed by atoms with van der Waals surface area (Å²) in [4.78, 5) is 6.93. The Labute approximate surface area is 113 Å². The number of hydrogen-bond acceptors (Lipinski definition) is 5. The first kappa shape index (κ1) is 12.4. The number of likely N-dealkylation sites (tertiary alicyclic amines) is 1. The van der Waals surface area contributed by atoms with E-state index in [2.05, 4.69) is 31.7 Å². The van der Waals surface area contributed by atoms with Gasteiger partial charge in [-0.25, -0.2) is 4.68 Å². The highest BCUT2D eigenvalue weighted by Gasteiger charge is 2.24. The van der Waals surface area contributed by atoms with E-state index < -0.39 is 0 Å². The Hall–Kier alpha value is -1.66. The van der Waals surface area contributed by atoms with E-state index in [1.54, 1.807) is 12.5 Å². The summed E-state index contributed by atoms with van der Waals surface area (Å²) in [6.07, 6.45) is 10.1. The summed E-state index contributed by atoms with van der Waals surface area (Å²) in [6, 6.07) is 2.57. The zero-order chi connectivity index (χ0) is 13.1. The topological polar surface area (TPSA) is 57.5 Å². The van der Waals surface area contributed by atoms with Crippen LogP contribution in [-0.4, -0.2) is 53.4 Å². The van der Waals surface area contributed by atoms with Gasteiger partial charge in [-0.2, -0.15) is 5.10 Å². The van der Waals surface area contributed by atoms with Crippen molar-refractivity contribution in [3.63, 3.8) is 0 Å². The van der Waals surface area contributed by atoms with E-state index in [-0.39, 0.29) is 6.17 Å². The summed E-state index contributed by atoms with van der Waals surface area (Å²) >= 11 is 0. The molecular weight excluding hydrogens is 240 g/mol. The molecule has 0 spiro atoms. The highest BCUT2D eigenvalue weighted by atomic mass is 15.4. The lowest BCUT2D eigenvalue weighted by Gasteiger charge is -2.35. The molecule has 102 valence electrons. The molecule has 1 aromatic heterocycles. The van der Waals surface area contributed by atoms with Gasteiger partial charge in [0, 0.05) is 31.5 Å². The van der Waals surface area contributed by atoms with Gasteiger partial charge in [0.2, 0.25) is 0 Å². The molecule has 6 heteroatoms. The molecule has 1 atom stereocenters. The first-order valence-electron chi connectivity index (χ1n) is 6.78. The van der Waals surface area contributed by atoms with Crippen molar-refractivity contribution in [1.29, 1.82) is 0 Å². The second-order valence-corrected chi connectivity index (χ2v) is 4.94. The molecule has 0 radical (unpaired) electrons. The highest BCUT2D eigenvalue weighted by molar-refractivity contribution is 5.69. The summed E-state index contributed by atoms with van der Waals surface area (Å²) in [7, 11) is 2.04. The zero-order valence-corrected chi connectivity index (χ0v) is 11.2. The molecule has 6 nitrogen and oxygen atoms in total. The predicted octanol–water partition coefficient (Wildman–Crippen LogP) is 0.323. The second kappa shape index (κ2) is 5.54. The molecule has 3 heterocycles. The van der Waals surface area contributed by atoms with Crippen molar-refractivity contribution in [2.75, 3.05) is 20.1 Å². The Morgan fingerprint density at radius 1 is 1.37 bits per heavy atom. The molecule has 0 bridgehead atoms. The van der Waals surface area contributed by atoms with E-state index >= 15 is 0 Å². The molecule has 0 saturated carbocycles. The Morgan fingerprint density at radius 2 is 2.21 bits per heavy atom. The van der Waals surface area contributed by atoms with Gasteiger partial charge in [0.05, 0.1) is 6.34 Å². The van der Waals surface area contributed by atoms with Crippen LogP contribution in [0.2, 0.25) is 0 Å². The van der Waals surface area contributed by atoms with E-state index in [9.17, 15) is 0 Å². The number of nitrogens with zero attached hydrogens (tertiary/aromatic N) is 4. The Kier molecular flexibility index (Phi) is 3.61. The zero-order valence-electron chi connectivity index (χ0n) is 11.2. The third-order valence-electron chi connectivity index (χ3n) is 3.81. The van der Waals surface area contributed by atoms with E-state index in [4.69, 9.17) is 0 Å². The van der Waals surface area contributed by atoms with E-state index in [0.717, 1.165) is 18.9 Å². The fourth-order valence-electron chi connectivity index (χ4n) is 2.62. The van der Waals surface area contributed by atoms with Crippen LogP contribution in [0.25, 0.3) is 5.82 Å². The number of hydrogen-bond donors (Lipinski definition) is 2. The third kappa shape index (κ3) is 2.69. The van der Waals surface area contributed by atoms with Crippen LogP contribution in [0.3, 0.4) is 0 Å². The molecule has 1 aromatic rings. The van der Waals surface area contributed by atoms with E-state index in [1.165, 1.54) is 12.8 Å². The van der Waals surface area contributed by atoms with E-state index in [0.29, 0.717) is 6.04 Å². The minimum absolute atomic E-state index is 0.123. The average molecular weight is 260 g/mol. The van der Waals surface area contributed by atoms with Gasteiger partial charge in [-0.1, -0.05) is 0 Å². The standard InChI is InChI=1S/C13H20N6/c1-14-11-3-7-18(8-4-11)12-9-13(16-10-15-12)19-6-2-5-17-19/h2,5-6,9-12,14H,3-4,7-8H2,1H3,(H,15,16). The van der Waals surface area contributed by atoms with Crippen LogP contribution in [0, 0.1) is 0 Å². The summed E-state index contributed by atoms with van der Waals surface area (Å²) in [5, 5.41) is 10.7. The monoisotopic (exact) mass is 260 g/mol. The van der Waals surface area contributed by atoms with Crippen LogP contribution in [-0.2, 0) is 0 Å². The van der Waals surface area contributed by atoms with Gasteiger partial charge in [0.15, 0.2) is 0 Å². The van der Waals surface area contributed by atoms with Crippen LogP contribution in [0.15, 0.2) is 29.5 Å². The lowest BCUT2D eigenvalue weighted by Crippen LogP contribution is -2.46.